The molecular weight excluding hydrogens is 340 g/mol. The first-order valence-corrected chi connectivity index (χ1v) is 8.68. The van der Waals surface area contributed by atoms with E-state index in [1.54, 1.807) is 11.2 Å². The molecule has 138 valence electrons. The summed E-state index contributed by atoms with van der Waals surface area (Å²) < 4.78 is 2.77. The maximum absolute atomic E-state index is 13.1. The number of aromatic nitrogens is 2. The van der Waals surface area contributed by atoms with E-state index in [-0.39, 0.29) is 17.8 Å². The SMILES string of the molecule is CN(C)C=Nc1cc(=O)n(Cc2ccccc2)c(=O)n1Cc1ccccc1. The Morgan fingerprint density at radius 3 is 1.89 bits per heavy atom. The molecule has 0 atom stereocenters. The molecule has 1 heterocycles. The molecule has 3 rings (SSSR count). The van der Waals surface area contributed by atoms with Crippen LogP contribution in [0.25, 0.3) is 0 Å². The van der Waals surface area contributed by atoms with Crippen molar-refractivity contribution in [2.75, 3.05) is 14.1 Å². The van der Waals surface area contributed by atoms with Gasteiger partial charge in [0.15, 0.2) is 0 Å². The van der Waals surface area contributed by atoms with Crippen LogP contribution in [-0.4, -0.2) is 34.5 Å². The summed E-state index contributed by atoms with van der Waals surface area (Å²) in [6.45, 7) is 0.569. The van der Waals surface area contributed by atoms with Gasteiger partial charge in [-0.2, -0.15) is 0 Å². The van der Waals surface area contributed by atoms with Crippen LogP contribution in [0.5, 0.6) is 0 Å². The summed E-state index contributed by atoms with van der Waals surface area (Å²) in [4.78, 5) is 31.8. The minimum absolute atomic E-state index is 0.227. The van der Waals surface area contributed by atoms with Crippen LogP contribution in [0, 0.1) is 0 Å². The van der Waals surface area contributed by atoms with E-state index in [9.17, 15) is 9.59 Å². The zero-order valence-electron chi connectivity index (χ0n) is 15.4. The van der Waals surface area contributed by atoms with Crippen molar-refractivity contribution in [3.05, 3.63) is 98.7 Å². The Bertz CT molecular complexity index is 1040. The van der Waals surface area contributed by atoms with Gasteiger partial charge in [-0.15, -0.1) is 0 Å². The summed E-state index contributed by atoms with van der Waals surface area (Å²) in [5.41, 5.74) is 1.12. The molecule has 0 amide bonds. The van der Waals surface area contributed by atoms with Gasteiger partial charge in [-0.1, -0.05) is 60.7 Å². The van der Waals surface area contributed by atoms with E-state index < -0.39 is 0 Å². The average Bonchev–Trinajstić information content (AvgIpc) is 2.67. The van der Waals surface area contributed by atoms with Gasteiger partial charge in [-0.05, 0) is 11.1 Å². The monoisotopic (exact) mass is 362 g/mol. The molecule has 0 N–H and O–H groups in total. The summed E-state index contributed by atoms with van der Waals surface area (Å²) in [6.07, 6.45) is 1.58. The largest absolute Gasteiger partial charge is 0.369 e. The Morgan fingerprint density at radius 2 is 1.37 bits per heavy atom. The third kappa shape index (κ3) is 4.61. The predicted molar refractivity (Wildman–Crippen MR) is 108 cm³/mol. The normalized spacial score (nSPS) is 11.0. The van der Waals surface area contributed by atoms with Gasteiger partial charge in [0.25, 0.3) is 5.56 Å². The number of aliphatic imine (C=N–C) groups is 1. The van der Waals surface area contributed by atoms with E-state index in [4.69, 9.17) is 0 Å². The Balaban J connectivity index is 2.10. The molecule has 0 fully saturated rings. The molecule has 3 aromatic rings. The van der Waals surface area contributed by atoms with Crippen LogP contribution in [0.2, 0.25) is 0 Å². The fourth-order valence-electron chi connectivity index (χ4n) is 2.71. The standard InChI is InChI=1S/C21H22N4O2/c1-23(2)16-22-19-13-20(26)25(15-18-11-7-4-8-12-18)21(27)24(19)14-17-9-5-3-6-10-17/h3-13,16H,14-15H2,1-2H3. The molecular formula is C21H22N4O2. The highest BCUT2D eigenvalue weighted by Gasteiger charge is 2.12. The first-order chi connectivity index (χ1) is 13.0. The number of hydrogen-bond donors (Lipinski definition) is 0. The Kier molecular flexibility index (Phi) is 5.66. The topological polar surface area (TPSA) is 59.6 Å². The third-order valence-electron chi connectivity index (χ3n) is 4.04. The molecule has 0 unspecified atom stereocenters. The average molecular weight is 362 g/mol. The van der Waals surface area contributed by atoms with Gasteiger partial charge in [0, 0.05) is 20.2 Å². The van der Waals surface area contributed by atoms with Gasteiger partial charge in [0.05, 0.1) is 19.4 Å². The van der Waals surface area contributed by atoms with Crippen molar-refractivity contribution in [2.45, 2.75) is 13.1 Å². The minimum Gasteiger partial charge on any atom is -0.369 e. The van der Waals surface area contributed by atoms with Crippen LogP contribution in [0.1, 0.15) is 11.1 Å². The van der Waals surface area contributed by atoms with Crippen molar-refractivity contribution in [2.24, 2.45) is 4.99 Å². The lowest BCUT2D eigenvalue weighted by Gasteiger charge is -2.14. The quantitative estimate of drug-likeness (QED) is 0.499. The predicted octanol–water partition coefficient (Wildman–Crippen LogP) is 2.33. The number of benzene rings is 2. The van der Waals surface area contributed by atoms with E-state index in [1.165, 1.54) is 15.2 Å². The highest BCUT2D eigenvalue weighted by atomic mass is 16.2. The smallest absolute Gasteiger partial charge is 0.333 e. The highest BCUT2D eigenvalue weighted by molar-refractivity contribution is 5.59. The van der Waals surface area contributed by atoms with Gasteiger partial charge < -0.3 is 4.90 Å². The molecule has 0 aliphatic rings. The summed E-state index contributed by atoms with van der Waals surface area (Å²) in [5.74, 6) is 0.340. The summed E-state index contributed by atoms with van der Waals surface area (Å²) in [6, 6.07) is 20.5. The second kappa shape index (κ2) is 8.31. The number of nitrogens with zero attached hydrogens (tertiary/aromatic N) is 4. The van der Waals surface area contributed by atoms with E-state index in [2.05, 4.69) is 4.99 Å². The van der Waals surface area contributed by atoms with Gasteiger partial charge in [-0.3, -0.25) is 13.9 Å². The Morgan fingerprint density at radius 1 is 0.852 bits per heavy atom. The Hall–Kier alpha value is -3.41. The maximum atomic E-state index is 13.1. The zero-order valence-corrected chi connectivity index (χ0v) is 15.4. The van der Waals surface area contributed by atoms with Crippen LogP contribution in [-0.2, 0) is 13.1 Å². The van der Waals surface area contributed by atoms with Crippen molar-refractivity contribution in [1.29, 1.82) is 0 Å². The zero-order chi connectivity index (χ0) is 19.2. The fraction of sp³-hybridized carbons (Fsp3) is 0.190. The van der Waals surface area contributed by atoms with Gasteiger partial charge >= 0.3 is 5.69 Å². The fourth-order valence-corrected chi connectivity index (χ4v) is 2.71. The van der Waals surface area contributed by atoms with Crippen LogP contribution < -0.4 is 11.2 Å². The summed E-state index contributed by atoms with van der Waals surface area (Å²) in [7, 11) is 3.67. The molecule has 0 aliphatic carbocycles. The maximum Gasteiger partial charge on any atom is 0.333 e. The number of rotatable bonds is 6. The molecule has 0 saturated carbocycles. The van der Waals surface area contributed by atoms with Crippen molar-refractivity contribution in [3.8, 4) is 0 Å². The molecule has 0 bridgehead atoms. The van der Waals surface area contributed by atoms with E-state index in [0.29, 0.717) is 12.4 Å². The highest BCUT2D eigenvalue weighted by Crippen LogP contribution is 2.10. The molecule has 2 aromatic carbocycles. The third-order valence-corrected chi connectivity index (χ3v) is 4.04. The molecule has 0 saturated heterocycles. The summed E-state index contributed by atoms with van der Waals surface area (Å²) >= 11 is 0. The molecule has 0 aliphatic heterocycles. The molecule has 0 radical (unpaired) electrons. The molecule has 6 nitrogen and oxygen atoms in total. The van der Waals surface area contributed by atoms with Gasteiger partial charge in [0.1, 0.15) is 5.82 Å². The minimum atomic E-state index is -0.374. The van der Waals surface area contributed by atoms with Crippen molar-refractivity contribution in [1.82, 2.24) is 14.0 Å². The van der Waals surface area contributed by atoms with Crippen LogP contribution in [0.15, 0.2) is 81.3 Å². The van der Waals surface area contributed by atoms with Crippen LogP contribution in [0.3, 0.4) is 0 Å². The van der Waals surface area contributed by atoms with Crippen LogP contribution >= 0.6 is 0 Å². The Labute approximate surface area is 157 Å². The lowest BCUT2D eigenvalue weighted by Crippen LogP contribution is -2.39. The van der Waals surface area contributed by atoms with E-state index >= 15 is 0 Å². The van der Waals surface area contributed by atoms with Gasteiger partial charge in [0.2, 0.25) is 0 Å². The second-order valence-corrected chi connectivity index (χ2v) is 6.48. The number of hydrogen-bond acceptors (Lipinski definition) is 3. The van der Waals surface area contributed by atoms with Crippen molar-refractivity contribution >= 4 is 12.2 Å². The van der Waals surface area contributed by atoms with E-state index in [0.717, 1.165) is 11.1 Å². The molecule has 1 aromatic heterocycles. The van der Waals surface area contributed by atoms with Crippen LogP contribution in [0.4, 0.5) is 5.82 Å². The molecule has 27 heavy (non-hydrogen) atoms. The molecule has 6 heteroatoms. The van der Waals surface area contributed by atoms with Crippen molar-refractivity contribution < 1.29 is 0 Å². The lowest BCUT2D eigenvalue weighted by atomic mass is 10.2. The van der Waals surface area contributed by atoms with Gasteiger partial charge in [-0.25, -0.2) is 9.79 Å². The lowest BCUT2D eigenvalue weighted by molar-refractivity contribution is 0.611. The van der Waals surface area contributed by atoms with E-state index in [1.807, 2.05) is 74.8 Å². The first kappa shape index (κ1) is 18.4. The second-order valence-electron chi connectivity index (χ2n) is 6.48. The van der Waals surface area contributed by atoms with Crippen molar-refractivity contribution in [3.63, 3.8) is 0 Å². The summed E-state index contributed by atoms with van der Waals surface area (Å²) in [5, 5.41) is 0. The first-order valence-electron chi connectivity index (χ1n) is 8.68. The molecule has 0 spiro atoms.